The third-order valence-corrected chi connectivity index (χ3v) is 4.85. The van der Waals surface area contributed by atoms with Crippen LogP contribution >= 0.6 is 0 Å². The zero-order valence-corrected chi connectivity index (χ0v) is 15.5. The van der Waals surface area contributed by atoms with E-state index in [4.69, 9.17) is 0 Å². The predicted octanol–water partition coefficient (Wildman–Crippen LogP) is 2.19. The molecule has 1 fully saturated rings. The predicted molar refractivity (Wildman–Crippen MR) is 99.9 cm³/mol. The van der Waals surface area contributed by atoms with Crippen molar-refractivity contribution >= 4 is 11.8 Å². The molecule has 0 N–H and O–H groups in total. The van der Waals surface area contributed by atoms with E-state index in [0.29, 0.717) is 38.3 Å². The molecule has 2 amide bonds. The maximum atomic E-state index is 13.0. The van der Waals surface area contributed by atoms with Gasteiger partial charge in [0.05, 0.1) is 24.0 Å². The first-order valence-electron chi connectivity index (χ1n) is 9.23. The molecular weight excluding hydrogens is 328 g/mol. The van der Waals surface area contributed by atoms with Crippen molar-refractivity contribution in [3.8, 4) is 0 Å². The van der Waals surface area contributed by atoms with E-state index in [-0.39, 0.29) is 11.8 Å². The van der Waals surface area contributed by atoms with Gasteiger partial charge in [0, 0.05) is 33.1 Å². The van der Waals surface area contributed by atoms with Gasteiger partial charge in [-0.3, -0.25) is 14.3 Å². The maximum Gasteiger partial charge on any atom is 0.257 e. The Hall–Kier alpha value is -2.63. The Bertz CT molecular complexity index is 761. The van der Waals surface area contributed by atoms with Crippen LogP contribution in [0.3, 0.4) is 0 Å². The summed E-state index contributed by atoms with van der Waals surface area (Å²) in [7, 11) is 0. The Morgan fingerprint density at radius 2 is 1.69 bits per heavy atom. The second-order valence-corrected chi connectivity index (χ2v) is 6.70. The number of benzene rings is 1. The Morgan fingerprint density at radius 1 is 1.04 bits per heavy atom. The van der Waals surface area contributed by atoms with Crippen LogP contribution in [0.2, 0.25) is 0 Å². The van der Waals surface area contributed by atoms with Crippen molar-refractivity contribution in [1.29, 1.82) is 0 Å². The number of rotatable bonds is 5. The highest BCUT2D eigenvalue weighted by Crippen LogP contribution is 2.17. The molecule has 0 aliphatic carbocycles. The van der Waals surface area contributed by atoms with Gasteiger partial charge in [-0.2, -0.15) is 5.10 Å². The lowest BCUT2D eigenvalue weighted by molar-refractivity contribution is -0.130. The molecule has 6 heteroatoms. The second kappa shape index (κ2) is 8.17. The number of aromatic nitrogens is 2. The van der Waals surface area contributed by atoms with E-state index in [1.54, 1.807) is 18.0 Å². The fourth-order valence-corrected chi connectivity index (χ4v) is 3.38. The molecule has 3 rings (SSSR count). The minimum Gasteiger partial charge on any atom is -0.339 e. The van der Waals surface area contributed by atoms with Crippen molar-refractivity contribution in [2.45, 2.75) is 33.2 Å². The third-order valence-electron chi connectivity index (χ3n) is 4.85. The fraction of sp³-hybridized carbons (Fsp3) is 0.450. The lowest BCUT2D eigenvalue weighted by atomic mass is 10.1. The van der Waals surface area contributed by atoms with Crippen LogP contribution in [0.25, 0.3) is 0 Å². The standard InChI is InChI=1S/C20H26N4O2/c1-3-7-19-18(14-21-24(19)15-17-8-5-4-6-9-17)20(26)23-12-10-22(11-13-23)16(2)25/h4-6,8-9,14H,3,7,10-13,15H2,1-2H3. The topological polar surface area (TPSA) is 58.4 Å². The molecule has 1 aromatic carbocycles. The first-order valence-corrected chi connectivity index (χ1v) is 9.23. The van der Waals surface area contributed by atoms with Crippen molar-refractivity contribution in [1.82, 2.24) is 19.6 Å². The molecule has 0 spiro atoms. The quantitative estimate of drug-likeness (QED) is 0.827. The highest BCUT2D eigenvalue weighted by molar-refractivity contribution is 5.95. The van der Waals surface area contributed by atoms with Gasteiger partial charge in [-0.25, -0.2) is 0 Å². The van der Waals surface area contributed by atoms with Crippen LogP contribution < -0.4 is 0 Å². The summed E-state index contributed by atoms with van der Waals surface area (Å²) < 4.78 is 1.94. The van der Waals surface area contributed by atoms with Gasteiger partial charge in [0.25, 0.3) is 5.91 Å². The third kappa shape index (κ3) is 3.95. The van der Waals surface area contributed by atoms with Gasteiger partial charge < -0.3 is 9.80 Å². The smallest absolute Gasteiger partial charge is 0.257 e. The van der Waals surface area contributed by atoms with Gasteiger partial charge in [0.1, 0.15) is 0 Å². The van der Waals surface area contributed by atoms with E-state index in [1.165, 1.54) is 5.56 Å². The molecule has 26 heavy (non-hydrogen) atoms. The van der Waals surface area contributed by atoms with Crippen LogP contribution in [0.1, 0.15) is 41.9 Å². The van der Waals surface area contributed by atoms with Crippen molar-refractivity contribution in [3.63, 3.8) is 0 Å². The van der Waals surface area contributed by atoms with Crippen LogP contribution in [-0.4, -0.2) is 57.6 Å². The molecular formula is C20H26N4O2. The molecule has 2 aromatic rings. The minimum absolute atomic E-state index is 0.0240. The number of piperazine rings is 1. The number of amides is 2. The SMILES string of the molecule is CCCc1c(C(=O)N2CCN(C(C)=O)CC2)cnn1Cc1ccccc1. The monoisotopic (exact) mass is 354 g/mol. The number of nitrogens with zero attached hydrogens (tertiary/aromatic N) is 4. The van der Waals surface area contributed by atoms with Crippen LogP contribution in [0.4, 0.5) is 0 Å². The molecule has 0 unspecified atom stereocenters. The average molecular weight is 354 g/mol. The highest BCUT2D eigenvalue weighted by atomic mass is 16.2. The van der Waals surface area contributed by atoms with Gasteiger partial charge in [0.15, 0.2) is 0 Å². The zero-order valence-electron chi connectivity index (χ0n) is 15.5. The van der Waals surface area contributed by atoms with Crippen molar-refractivity contribution < 1.29 is 9.59 Å². The van der Waals surface area contributed by atoms with Crippen LogP contribution in [0, 0.1) is 0 Å². The number of hydrogen-bond acceptors (Lipinski definition) is 3. The number of carbonyl (C=O) groups excluding carboxylic acids is 2. The minimum atomic E-state index is 0.0240. The van der Waals surface area contributed by atoms with E-state index >= 15 is 0 Å². The summed E-state index contributed by atoms with van der Waals surface area (Å²) in [4.78, 5) is 28.1. The Kier molecular flexibility index (Phi) is 5.71. The summed E-state index contributed by atoms with van der Waals surface area (Å²) >= 11 is 0. The lowest BCUT2D eigenvalue weighted by Gasteiger charge is -2.34. The summed E-state index contributed by atoms with van der Waals surface area (Å²) in [6.07, 6.45) is 3.48. The molecule has 138 valence electrons. The second-order valence-electron chi connectivity index (χ2n) is 6.70. The van der Waals surface area contributed by atoms with E-state index in [0.717, 1.165) is 18.5 Å². The fourth-order valence-electron chi connectivity index (χ4n) is 3.38. The Morgan fingerprint density at radius 3 is 2.31 bits per heavy atom. The summed E-state index contributed by atoms with van der Waals surface area (Å²) in [5.41, 5.74) is 2.86. The lowest BCUT2D eigenvalue weighted by Crippen LogP contribution is -2.50. The first-order chi connectivity index (χ1) is 12.6. The van der Waals surface area contributed by atoms with Crippen molar-refractivity contribution in [2.75, 3.05) is 26.2 Å². The molecule has 1 aliphatic rings. The van der Waals surface area contributed by atoms with Crippen LogP contribution in [0.15, 0.2) is 36.5 Å². The maximum absolute atomic E-state index is 13.0. The summed E-state index contributed by atoms with van der Waals surface area (Å²) in [6.45, 7) is 6.71. The molecule has 0 saturated carbocycles. The summed E-state index contributed by atoms with van der Waals surface area (Å²) in [5.74, 6) is 0.0930. The molecule has 1 aromatic heterocycles. The van der Waals surface area contributed by atoms with Crippen molar-refractivity contribution in [2.24, 2.45) is 0 Å². The molecule has 1 aliphatic heterocycles. The normalized spacial score (nSPS) is 14.5. The van der Waals surface area contributed by atoms with Gasteiger partial charge >= 0.3 is 0 Å². The van der Waals surface area contributed by atoms with Crippen LogP contribution in [0.5, 0.6) is 0 Å². The largest absolute Gasteiger partial charge is 0.339 e. The molecule has 0 radical (unpaired) electrons. The van der Waals surface area contributed by atoms with Gasteiger partial charge in [-0.15, -0.1) is 0 Å². The van der Waals surface area contributed by atoms with E-state index < -0.39 is 0 Å². The zero-order chi connectivity index (χ0) is 18.5. The van der Waals surface area contributed by atoms with Gasteiger partial charge in [-0.05, 0) is 12.0 Å². The summed E-state index contributed by atoms with van der Waals surface area (Å²) in [5, 5.41) is 4.49. The molecule has 0 bridgehead atoms. The first kappa shape index (κ1) is 18.2. The van der Waals surface area contributed by atoms with Gasteiger partial charge in [-0.1, -0.05) is 43.7 Å². The van der Waals surface area contributed by atoms with E-state index in [9.17, 15) is 9.59 Å². The number of carbonyl (C=O) groups is 2. The molecule has 0 atom stereocenters. The van der Waals surface area contributed by atoms with Gasteiger partial charge in [0.2, 0.25) is 5.91 Å². The molecule has 1 saturated heterocycles. The van der Waals surface area contributed by atoms with E-state index in [2.05, 4.69) is 24.2 Å². The van der Waals surface area contributed by atoms with Crippen LogP contribution in [-0.2, 0) is 17.8 Å². The Balaban J connectivity index is 1.77. The molecule has 6 nitrogen and oxygen atoms in total. The highest BCUT2D eigenvalue weighted by Gasteiger charge is 2.26. The average Bonchev–Trinajstić information content (AvgIpc) is 3.05. The number of hydrogen-bond donors (Lipinski definition) is 0. The van der Waals surface area contributed by atoms with E-state index in [1.807, 2.05) is 27.8 Å². The molecule has 2 heterocycles. The van der Waals surface area contributed by atoms with Crippen molar-refractivity contribution in [3.05, 3.63) is 53.3 Å². The Labute approximate surface area is 154 Å². The summed E-state index contributed by atoms with van der Waals surface area (Å²) in [6, 6.07) is 10.2.